The molecule has 3 unspecified atom stereocenters. The molecule has 4 nitrogen and oxygen atoms in total. The fourth-order valence-corrected chi connectivity index (χ4v) is 5.74. The molecule has 0 saturated carbocycles. The summed E-state index contributed by atoms with van der Waals surface area (Å²) in [5, 5.41) is 0. The summed E-state index contributed by atoms with van der Waals surface area (Å²) in [6.45, 7) is 2.41. The topological polar surface area (TPSA) is 38.8 Å². The summed E-state index contributed by atoms with van der Waals surface area (Å²) in [5.41, 5.74) is -0.647. The van der Waals surface area contributed by atoms with Gasteiger partial charge >= 0.3 is 12.4 Å². The predicted molar refractivity (Wildman–Crippen MR) is 131 cm³/mol. The van der Waals surface area contributed by atoms with E-state index < -0.39 is 53.5 Å². The summed E-state index contributed by atoms with van der Waals surface area (Å²) in [6.07, 6.45) is -7.34. The normalized spacial score (nSPS) is 24.4. The Labute approximate surface area is 226 Å². The van der Waals surface area contributed by atoms with Gasteiger partial charge in [-0.3, -0.25) is 4.79 Å². The van der Waals surface area contributed by atoms with Gasteiger partial charge < -0.3 is 14.4 Å². The van der Waals surface area contributed by atoms with Crippen LogP contribution in [0, 0.1) is 5.82 Å². The second-order valence-electron chi connectivity index (χ2n) is 10.2. The number of nitrogens with zero attached hydrogens (tertiary/aromatic N) is 1. The minimum absolute atomic E-state index is 0.0736. The van der Waals surface area contributed by atoms with Crippen molar-refractivity contribution in [1.82, 2.24) is 4.90 Å². The average Bonchev–Trinajstić information content (AvgIpc) is 3.26. The highest BCUT2D eigenvalue weighted by molar-refractivity contribution is 5.91. The van der Waals surface area contributed by atoms with Crippen LogP contribution in [0.4, 0.5) is 30.7 Å². The Morgan fingerprint density at radius 2 is 1.62 bits per heavy atom. The van der Waals surface area contributed by atoms with Crippen LogP contribution in [0.15, 0.2) is 65.8 Å². The molecular formula is C29H26F7NO3. The summed E-state index contributed by atoms with van der Waals surface area (Å²) >= 11 is 0. The lowest BCUT2D eigenvalue weighted by Gasteiger charge is -2.34. The first kappa shape index (κ1) is 28.4. The van der Waals surface area contributed by atoms with Gasteiger partial charge in [0.05, 0.1) is 36.5 Å². The van der Waals surface area contributed by atoms with E-state index >= 15 is 0 Å². The summed E-state index contributed by atoms with van der Waals surface area (Å²) in [6, 6.07) is 6.64. The zero-order valence-corrected chi connectivity index (χ0v) is 21.4. The standard InChI is InChI=1S/C29H26F7NO3/c1-16(19-10-21(28(31,32)33)14-22(11-19)29(34,35)36)40-25-15-37-24(27(25)18-2-4-23(30)5-3-18)12-20(13-26(37)38)17-6-8-39-9-7-17/h2-6,10-11,13-14,16,24-25,27H,7-9,12,15H2,1H3/t16?,24?,25-,27?/m0/s1. The maximum atomic E-state index is 13.8. The number of hydrogen-bond donors (Lipinski definition) is 0. The predicted octanol–water partition coefficient (Wildman–Crippen LogP) is 6.98. The van der Waals surface area contributed by atoms with Crippen LogP contribution in [0.3, 0.4) is 0 Å². The molecule has 3 aliphatic heterocycles. The van der Waals surface area contributed by atoms with E-state index in [4.69, 9.17) is 9.47 Å². The van der Waals surface area contributed by atoms with E-state index in [1.54, 1.807) is 23.1 Å². The molecule has 0 radical (unpaired) electrons. The Balaban J connectivity index is 1.48. The summed E-state index contributed by atoms with van der Waals surface area (Å²) in [4.78, 5) is 14.8. The number of alkyl halides is 6. The van der Waals surface area contributed by atoms with Gasteiger partial charge in [-0.2, -0.15) is 26.3 Å². The average molecular weight is 570 g/mol. The lowest BCUT2D eigenvalue weighted by atomic mass is 9.82. The smallest absolute Gasteiger partial charge is 0.377 e. The summed E-state index contributed by atoms with van der Waals surface area (Å²) in [5.74, 6) is -1.23. The van der Waals surface area contributed by atoms with Gasteiger partial charge in [0.25, 0.3) is 0 Å². The van der Waals surface area contributed by atoms with Gasteiger partial charge in [0.15, 0.2) is 0 Å². The molecule has 3 heterocycles. The molecule has 214 valence electrons. The van der Waals surface area contributed by atoms with Crippen LogP contribution in [0.1, 0.15) is 54.0 Å². The molecular weight excluding hydrogens is 543 g/mol. The van der Waals surface area contributed by atoms with E-state index in [-0.39, 0.29) is 24.1 Å². The van der Waals surface area contributed by atoms with E-state index in [0.717, 1.165) is 11.1 Å². The van der Waals surface area contributed by atoms with E-state index in [0.29, 0.717) is 43.8 Å². The largest absolute Gasteiger partial charge is 0.416 e. The van der Waals surface area contributed by atoms with Gasteiger partial charge in [0.2, 0.25) is 5.91 Å². The van der Waals surface area contributed by atoms with Gasteiger partial charge in [0, 0.05) is 24.6 Å². The van der Waals surface area contributed by atoms with Crippen molar-refractivity contribution in [3.63, 3.8) is 0 Å². The first-order chi connectivity index (χ1) is 18.8. The summed E-state index contributed by atoms with van der Waals surface area (Å²) in [7, 11) is 0. The fourth-order valence-electron chi connectivity index (χ4n) is 5.74. The Morgan fingerprint density at radius 1 is 0.975 bits per heavy atom. The monoisotopic (exact) mass is 569 g/mol. The third kappa shape index (κ3) is 5.81. The molecule has 4 atom stereocenters. The quantitative estimate of drug-likeness (QED) is 0.365. The molecule has 1 saturated heterocycles. The number of amides is 1. The zero-order valence-electron chi connectivity index (χ0n) is 21.4. The first-order valence-corrected chi connectivity index (χ1v) is 12.8. The fraction of sp³-hybridized carbons (Fsp3) is 0.414. The van der Waals surface area contributed by atoms with Crippen molar-refractivity contribution in [2.24, 2.45) is 0 Å². The van der Waals surface area contributed by atoms with Crippen molar-refractivity contribution in [3.05, 3.63) is 93.8 Å². The van der Waals surface area contributed by atoms with Gasteiger partial charge in [-0.25, -0.2) is 4.39 Å². The number of fused-ring (bicyclic) bond motifs is 1. The maximum Gasteiger partial charge on any atom is 0.416 e. The van der Waals surface area contributed by atoms with Crippen LogP contribution in [-0.4, -0.2) is 42.7 Å². The van der Waals surface area contributed by atoms with E-state index in [1.165, 1.54) is 19.1 Å². The van der Waals surface area contributed by atoms with Crippen LogP contribution < -0.4 is 0 Å². The molecule has 0 bridgehead atoms. The Kier molecular flexibility index (Phi) is 7.56. The lowest BCUT2D eigenvalue weighted by Crippen LogP contribution is -2.40. The number of ether oxygens (including phenoxy) is 2. The van der Waals surface area contributed by atoms with Crippen molar-refractivity contribution >= 4 is 5.91 Å². The summed E-state index contributed by atoms with van der Waals surface area (Å²) < 4.78 is 106. The number of rotatable bonds is 5. The number of carbonyl (C=O) groups is 1. The molecule has 11 heteroatoms. The highest BCUT2D eigenvalue weighted by Gasteiger charge is 2.48. The van der Waals surface area contributed by atoms with Crippen LogP contribution in [0.25, 0.3) is 0 Å². The number of benzene rings is 2. The van der Waals surface area contributed by atoms with Gasteiger partial charge in [-0.15, -0.1) is 0 Å². The third-order valence-electron chi connectivity index (χ3n) is 7.69. The molecule has 2 aromatic rings. The molecule has 40 heavy (non-hydrogen) atoms. The van der Waals surface area contributed by atoms with Crippen molar-refractivity contribution < 1.29 is 45.0 Å². The molecule has 0 aromatic heterocycles. The maximum absolute atomic E-state index is 13.8. The molecule has 3 aliphatic rings. The van der Waals surface area contributed by atoms with Crippen molar-refractivity contribution in [1.29, 1.82) is 0 Å². The van der Waals surface area contributed by atoms with Crippen LogP contribution in [-0.2, 0) is 26.6 Å². The molecule has 1 amide bonds. The minimum atomic E-state index is -4.99. The van der Waals surface area contributed by atoms with Crippen molar-refractivity contribution in [3.8, 4) is 0 Å². The highest BCUT2D eigenvalue weighted by atomic mass is 19.4. The zero-order chi connectivity index (χ0) is 28.8. The first-order valence-electron chi connectivity index (χ1n) is 12.8. The number of carbonyl (C=O) groups excluding carboxylic acids is 1. The number of halogens is 7. The molecule has 2 aromatic carbocycles. The van der Waals surface area contributed by atoms with Gasteiger partial charge in [0.1, 0.15) is 5.82 Å². The second-order valence-corrected chi connectivity index (χ2v) is 10.2. The molecule has 0 N–H and O–H groups in total. The van der Waals surface area contributed by atoms with Gasteiger partial charge in [-0.1, -0.05) is 18.2 Å². The number of hydrogen-bond acceptors (Lipinski definition) is 3. The molecule has 0 aliphatic carbocycles. The SMILES string of the molecule is CC(O[C@H]1CN2C(=O)C=C(C3=CCOCC3)CC2C1c1ccc(F)cc1)c1cc(C(F)(F)F)cc(C(F)(F)F)c1. The van der Waals surface area contributed by atoms with Crippen LogP contribution >= 0.6 is 0 Å². The van der Waals surface area contributed by atoms with Crippen LogP contribution in [0.2, 0.25) is 0 Å². The minimum Gasteiger partial charge on any atom is -0.377 e. The lowest BCUT2D eigenvalue weighted by molar-refractivity contribution is -0.143. The van der Waals surface area contributed by atoms with Crippen molar-refractivity contribution in [2.75, 3.05) is 19.8 Å². The third-order valence-corrected chi connectivity index (χ3v) is 7.69. The Morgan fingerprint density at radius 3 is 2.20 bits per heavy atom. The van der Waals surface area contributed by atoms with E-state index in [2.05, 4.69) is 0 Å². The molecule has 1 fully saturated rings. The Bertz CT molecular complexity index is 1300. The van der Waals surface area contributed by atoms with E-state index in [1.807, 2.05) is 6.08 Å². The van der Waals surface area contributed by atoms with E-state index in [9.17, 15) is 35.5 Å². The Hall–Kier alpha value is -3.18. The molecule has 0 spiro atoms. The molecule has 5 rings (SSSR count). The van der Waals surface area contributed by atoms with Gasteiger partial charge in [-0.05, 0) is 72.4 Å². The highest BCUT2D eigenvalue weighted by Crippen LogP contribution is 2.45. The second kappa shape index (κ2) is 10.7. The van der Waals surface area contributed by atoms with Crippen LogP contribution in [0.5, 0.6) is 0 Å². The van der Waals surface area contributed by atoms with Crippen molar-refractivity contribution in [2.45, 2.75) is 56.3 Å².